The molecule has 3 nitrogen and oxygen atoms in total. The summed E-state index contributed by atoms with van der Waals surface area (Å²) in [7, 11) is 0. The van der Waals surface area contributed by atoms with Gasteiger partial charge in [0.15, 0.2) is 0 Å². The minimum absolute atomic E-state index is 0. The largest absolute Gasteiger partial charge is 2.00 e. The van der Waals surface area contributed by atoms with E-state index in [1.54, 1.807) is 0 Å². The van der Waals surface area contributed by atoms with Crippen LogP contribution in [0.2, 0.25) is 0 Å². The zero-order chi connectivity index (χ0) is 7.56. The molecule has 0 aliphatic carbocycles. The van der Waals surface area contributed by atoms with Crippen molar-refractivity contribution in [3.8, 4) is 5.75 Å². The van der Waals surface area contributed by atoms with Crippen molar-refractivity contribution in [3.63, 3.8) is 0 Å². The predicted octanol–water partition coefficient (Wildman–Crippen LogP) is -1.26. The van der Waals surface area contributed by atoms with Gasteiger partial charge in [-0.25, -0.2) is 0 Å². The van der Waals surface area contributed by atoms with Crippen LogP contribution in [0.15, 0.2) is 24.3 Å². The van der Waals surface area contributed by atoms with E-state index < -0.39 is 11.7 Å². The van der Waals surface area contributed by atoms with E-state index >= 15 is 0 Å². The average Bonchev–Trinajstić information content (AvgIpc) is 1.88. The fourth-order valence-corrected chi connectivity index (χ4v) is 0.635. The Morgan fingerprint density at radius 1 is 1.27 bits per heavy atom. The van der Waals surface area contributed by atoms with E-state index in [0.717, 1.165) is 0 Å². The van der Waals surface area contributed by atoms with Crippen LogP contribution in [0.3, 0.4) is 0 Å². The minimum atomic E-state index is -1.43. The van der Waals surface area contributed by atoms with Crippen LogP contribution in [0, 0.1) is 0 Å². The number of hydrogen-bond donors (Lipinski definition) is 0. The molecule has 0 heterocycles. The van der Waals surface area contributed by atoms with E-state index in [1.807, 2.05) is 0 Å². The molecule has 52 valence electrons. The quantitative estimate of drug-likeness (QED) is 0.559. The molecule has 11 heavy (non-hydrogen) atoms. The first-order valence-corrected chi connectivity index (χ1v) is 2.69. The summed E-state index contributed by atoms with van der Waals surface area (Å²) in [5.74, 6) is -1.94. The summed E-state index contributed by atoms with van der Waals surface area (Å²) in [5.41, 5.74) is -0.289. The Labute approximate surface area is 101 Å². The van der Waals surface area contributed by atoms with Crippen molar-refractivity contribution in [2.45, 2.75) is 0 Å². The maximum Gasteiger partial charge on any atom is 2.00 e. The van der Waals surface area contributed by atoms with Gasteiger partial charge in [-0.15, -0.1) is 0 Å². The van der Waals surface area contributed by atoms with Crippen LogP contribution in [0.1, 0.15) is 10.4 Å². The average molecular weight is 224 g/mol. The van der Waals surface area contributed by atoms with Crippen LogP contribution in [0.25, 0.3) is 0 Å². The number of aromatic carboxylic acids is 1. The second-order valence-electron chi connectivity index (χ2n) is 1.78. The molecule has 0 N–H and O–H groups in total. The van der Waals surface area contributed by atoms with Gasteiger partial charge in [-0.2, -0.15) is 0 Å². The van der Waals surface area contributed by atoms with Crippen molar-refractivity contribution in [1.82, 2.24) is 0 Å². The van der Waals surface area contributed by atoms with Crippen molar-refractivity contribution in [2.75, 3.05) is 0 Å². The molecule has 0 aliphatic heterocycles. The molecule has 0 aromatic heterocycles. The first-order valence-electron chi connectivity index (χ1n) is 2.69. The molecule has 0 bridgehead atoms. The maximum absolute atomic E-state index is 10.6. The summed E-state index contributed by atoms with van der Waals surface area (Å²) >= 11 is 0. The van der Waals surface area contributed by atoms with Gasteiger partial charge in [0.2, 0.25) is 0 Å². The zero-order valence-corrected chi connectivity index (χ0v) is 9.22. The summed E-state index contributed by atoms with van der Waals surface area (Å²) in [6.07, 6.45) is 0. The van der Waals surface area contributed by atoms with E-state index in [-0.39, 0.29) is 51.0 Å². The monoisotopic (exact) mass is 224 g/mol. The third kappa shape index (κ3) is 2.83. The molecule has 0 atom stereocenters. The Hall–Kier alpha value is -0.0295. The summed E-state index contributed by atoms with van der Waals surface area (Å²) in [6.45, 7) is 0. The Morgan fingerprint density at radius 3 is 2.18 bits per heavy atom. The van der Waals surface area contributed by atoms with E-state index in [1.165, 1.54) is 24.3 Å². The molecule has 0 spiro atoms. The summed E-state index contributed by atoms with van der Waals surface area (Å²) in [5, 5.41) is 20.8. The first-order chi connectivity index (χ1) is 4.72. The smallest absolute Gasteiger partial charge is 0.872 e. The Kier molecular flexibility index (Phi) is 4.76. The predicted molar refractivity (Wildman–Crippen MR) is 36.0 cm³/mol. The molecule has 1 aromatic rings. The van der Waals surface area contributed by atoms with E-state index in [4.69, 9.17) is 0 Å². The number of carbonyl (C=O) groups is 1. The van der Waals surface area contributed by atoms with Gasteiger partial charge in [0.1, 0.15) is 0 Å². The number of carbonyl (C=O) groups excluding carboxylic acids is 1. The van der Waals surface area contributed by atoms with Crippen molar-refractivity contribution in [1.29, 1.82) is 0 Å². The minimum Gasteiger partial charge on any atom is -0.872 e. The third-order valence-corrected chi connectivity index (χ3v) is 1.11. The molecular weight excluding hydrogens is 220 g/mol. The van der Waals surface area contributed by atoms with E-state index in [2.05, 4.69) is 0 Å². The number of rotatable bonds is 1. The molecule has 1 aromatic carbocycles. The third-order valence-electron chi connectivity index (χ3n) is 1.11. The summed E-state index contributed by atoms with van der Waals surface area (Å²) in [4.78, 5) is 10.1. The SMILES string of the molecule is O=C([O-])c1ccccc1[O-].[Sr+2]. The van der Waals surface area contributed by atoms with Gasteiger partial charge in [-0.1, -0.05) is 30.0 Å². The number of hydrogen-bond acceptors (Lipinski definition) is 3. The van der Waals surface area contributed by atoms with Gasteiger partial charge in [-0.05, 0) is 5.56 Å². The van der Waals surface area contributed by atoms with Crippen molar-refractivity contribution in [3.05, 3.63) is 29.8 Å². The van der Waals surface area contributed by atoms with Crippen LogP contribution < -0.4 is 10.2 Å². The van der Waals surface area contributed by atoms with Gasteiger partial charge in [0, 0.05) is 0 Å². The fourth-order valence-electron chi connectivity index (χ4n) is 0.635. The molecular formula is C7H4O3Sr. The fraction of sp³-hybridized carbons (Fsp3) is 0. The summed E-state index contributed by atoms with van der Waals surface area (Å²) < 4.78 is 0. The number of para-hydroxylation sites is 1. The Bertz CT molecular complexity index is 260. The van der Waals surface area contributed by atoms with Gasteiger partial charge in [0.25, 0.3) is 0 Å². The Balaban J connectivity index is 0.000001000. The summed E-state index contributed by atoms with van der Waals surface area (Å²) in [6, 6.07) is 5.37. The number of carboxylic acid groups (broad SMARTS) is 1. The molecule has 1 rings (SSSR count). The molecule has 0 amide bonds. The molecule has 0 saturated heterocycles. The number of carboxylic acids is 1. The standard InChI is InChI=1S/C7H6O3.Sr/c8-6-4-2-1-3-5(6)7(9)10;/h1-4,8H,(H,9,10);/q;+2/p-2. The zero-order valence-electron chi connectivity index (χ0n) is 5.74. The topological polar surface area (TPSA) is 63.2 Å². The van der Waals surface area contributed by atoms with Gasteiger partial charge in [0.05, 0.1) is 5.97 Å². The van der Waals surface area contributed by atoms with Crippen molar-refractivity contribution < 1.29 is 15.0 Å². The van der Waals surface area contributed by atoms with Crippen LogP contribution in [0.5, 0.6) is 5.75 Å². The molecule has 0 saturated carbocycles. The normalized spacial score (nSPS) is 8.36. The second kappa shape index (κ2) is 4.77. The van der Waals surface area contributed by atoms with Gasteiger partial charge >= 0.3 is 45.5 Å². The molecule has 4 heteroatoms. The maximum atomic E-state index is 10.6. The second-order valence-corrected chi connectivity index (χ2v) is 1.78. The van der Waals surface area contributed by atoms with E-state index in [9.17, 15) is 15.0 Å². The molecule has 0 fully saturated rings. The Morgan fingerprint density at radius 2 is 1.82 bits per heavy atom. The molecule has 0 aliphatic rings. The number of benzene rings is 1. The molecule has 0 radical (unpaired) electrons. The van der Waals surface area contributed by atoms with Gasteiger partial charge in [-0.3, -0.25) is 0 Å². The van der Waals surface area contributed by atoms with E-state index in [0.29, 0.717) is 0 Å². The van der Waals surface area contributed by atoms with Crippen molar-refractivity contribution in [2.24, 2.45) is 0 Å². The van der Waals surface area contributed by atoms with Crippen molar-refractivity contribution >= 4 is 51.5 Å². The van der Waals surface area contributed by atoms with Crippen LogP contribution >= 0.6 is 0 Å². The van der Waals surface area contributed by atoms with Gasteiger partial charge < -0.3 is 15.0 Å². The van der Waals surface area contributed by atoms with Crippen LogP contribution in [-0.2, 0) is 0 Å². The van der Waals surface area contributed by atoms with Crippen LogP contribution in [0.4, 0.5) is 0 Å². The van der Waals surface area contributed by atoms with Crippen LogP contribution in [-0.4, -0.2) is 51.5 Å². The molecule has 0 unspecified atom stereocenters. The first kappa shape index (κ1) is 11.0.